The van der Waals surface area contributed by atoms with Crippen LogP contribution in [0.1, 0.15) is 54.2 Å². The van der Waals surface area contributed by atoms with Crippen LogP contribution in [0, 0.1) is 5.82 Å². The van der Waals surface area contributed by atoms with Crippen LogP contribution in [-0.2, 0) is 26.4 Å². The predicted molar refractivity (Wildman–Crippen MR) is 133 cm³/mol. The van der Waals surface area contributed by atoms with Gasteiger partial charge < -0.3 is 14.4 Å². The first-order chi connectivity index (χ1) is 16.3. The van der Waals surface area contributed by atoms with E-state index in [1.807, 2.05) is 26.8 Å². The van der Waals surface area contributed by atoms with Gasteiger partial charge in [-0.05, 0) is 55.7 Å². The van der Waals surface area contributed by atoms with E-state index in [1.54, 1.807) is 17.0 Å². The molecule has 0 saturated carbocycles. The number of hydrogen-bond acceptors (Lipinski definition) is 5. The van der Waals surface area contributed by atoms with Crippen LogP contribution in [0.5, 0.6) is 0 Å². The average Bonchev–Trinajstić information content (AvgIpc) is 3.13. The van der Waals surface area contributed by atoms with Crippen molar-refractivity contribution in [3.63, 3.8) is 0 Å². The zero-order chi connectivity index (χ0) is 25.8. The van der Waals surface area contributed by atoms with E-state index in [4.69, 9.17) is 32.7 Å². The third-order valence-electron chi connectivity index (χ3n) is 6.16. The number of amides is 1. The fraction of sp³-hybridized carbons (Fsp3) is 0.440. The van der Waals surface area contributed by atoms with Crippen molar-refractivity contribution in [2.75, 3.05) is 19.8 Å². The Morgan fingerprint density at radius 2 is 1.80 bits per heavy atom. The maximum atomic E-state index is 14.1. The van der Waals surface area contributed by atoms with Crippen LogP contribution in [0.3, 0.4) is 0 Å². The van der Waals surface area contributed by atoms with Gasteiger partial charge in [-0.25, -0.2) is 13.6 Å². The van der Waals surface area contributed by atoms with Crippen molar-refractivity contribution in [1.82, 2.24) is 4.90 Å². The number of fused-ring (bicyclic) bond motifs is 2. The van der Waals surface area contributed by atoms with Crippen LogP contribution < -0.4 is 0 Å². The third kappa shape index (κ3) is 5.03. The summed E-state index contributed by atoms with van der Waals surface area (Å²) in [5.41, 5.74) is 1.12. The highest BCUT2D eigenvalue weighted by atomic mass is 35.5. The van der Waals surface area contributed by atoms with Crippen molar-refractivity contribution in [3.05, 3.63) is 68.4 Å². The Morgan fingerprint density at radius 1 is 1.17 bits per heavy atom. The van der Waals surface area contributed by atoms with Gasteiger partial charge in [-0.1, -0.05) is 35.3 Å². The minimum atomic E-state index is -1.53. The molecule has 1 fully saturated rings. The van der Waals surface area contributed by atoms with Crippen LogP contribution in [0.4, 0.5) is 13.6 Å². The average molecular weight is 544 g/mol. The monoisotopic (exact) mass is 543 g/mol. The van der Waals surface area contributed by atoms with Gasteiger partial charge in [-0.15, -0.1) is 0 Å². The number of alkyl halides is 1. The third-order valence-corrected chi connectivity index (χ3v) is 7.25. The largest absolute Gasteiger partial charge is 0.444 e. The second-order valence-corrected chi connectivity index (χ2v) is 11.7. The first-order valence-electron chi connectivity index (χ1n) is 11.0. The molecule has 4 rings (SSSR count). The van der Waals surface area contributed by atoms with E-state index in [1.165, 1.54) is 12.1 Å². The van der Waals surface area contributed by atoms with Gasteiger partial charge in [0.2, 0.25) is 0 Å². The Bertz CT molecular complexity index is 1170. The summed E-state index contributed by atoms with van der Waals surface area (Å²) in [6.45, 7) is 5.44. The molecule has 5 nitrogen and oxygen atoms in total. The molecule has 1 saturated heterocycles. The zero-order valence-corrected chi connectivity index (χ0v) is 21.9. The van der Waals surface area contributed by atoms with Crippen molar-refractivity contribution < 1.29 is 27.8 Å². The molecule has 0 aliphatic carbocycles. The number of carbonyl (C=O) groups excluding carboxylic acids is 2. The molecule has 0 aromatic heterocycles. The molecular weight excluding hydrogens is 519 g/mol. The lowest BCUT2D eigenvalue weighted by atomic mass is 9.84. The number of halogens is 4. The summed E-state index contributed by atoms with van der Waals surface area (Å²) in [7, 11) is 0. The Balaban J connectivity index is 1.49. The molecule has 1 atom stereocenters. The van der Waals surface area contributed by atoms with Gasteiger partial charge in [-0.2, -0.15) is 12.6 Å². The van der Waals surface area contributed by atoms with Gasteiger partial charge in [0.05, 0.1) is 34.5 Å². The summed E-state index contributed by atoms with van der Waals surface area (Å²) in [6.07, 6.45) is -0.688. The molecule has 188 valence electrons. The van der Waals surface area contributed by atoms with E-state index in [0.29, 0.717) is 18.7 Å². The smallest absolute Gasteiger partial charge is 0.410 e. The standard InChI is InChI=1S/C25H25Cl2F2NO4S/c1-23(2,3)34-22(32)30-12-24(13-30)17-5-4-14(6-15(17)10-33-24)20(31)9-25(35,11-28)16-7-18(26)21(29)19(27)8-16/h4-8,35H,9-13H2,1-3H3. The van der Waals surface area contributed by atoms with Gasteiger partial charge in [0.25, 0.3) is 0 Å². The van der Waals surface area contributed by atoms with E-state index < -0.39 is 34.5 Å². The van der Waals surface area contributed by atoms with E-state index in [2.05, 4.69) is 12.6 Å². The summed E-state index contributed by atoms with van der Waals surface area (Å²) < 4.78 is 37.8. The van der Waals surface area contributed by atoms with Crippen molar-refractivity contribution in [1.29, 1.82) is 0 Å². The number of nitrogens with zero attached hydrogens (tertiary/aromatic N) is 1. The van der Waals surface area contributed by atoms with Gasteiger partial charge >= 0.3 is 6.09 Å². The van der Waals surface area contributed by atoms with E-state index in [-0.39, 0.29) is 34.4 Å². The lowest BCUT2D eigenvalue weighted by Gasteiger charge is -2.47. The van der Waals surface area contributed by atoms with Gasteiger partial charge in [0.1, 0.15) is 17.9 Å². The van der Waals surface area contributed by atoms with Crippen LogP contribution in [0.2, 0.25) is 10.0 Å². The number of hydrogen-bond donors (Lipinski definition) is 1. The minimum absolute atomic E-state index is 0.216. The first-order valence-corrected chi connectivity index (χ1v) is 12.2. The molecule has 2 aromatic rings. The summed E-state index contributed by atoms with van der Waals surface area (Å²) in [5, 5.41) is -0.541. The van der Waals surface area contributed by atoms with Crippen molar-refractivity contribution in [2.45, 2.75) is 49.7 Å². The first kappa shape index (κ1) is 26.2. The number of benzene rings is 2. The molecule has 0 radical (unpaired) electrons. The molecular formula is C25H25Cl2F2NO4S. The molecule has 2 heterocycles. The number of thiol groups is 1. The molecule has 35 heavy (non-hydrogen) atoms. The molecule has 0 bridgehead atoms. The van der Waals surface area contributed by atoms with Crippen molar-refractivity contribution >= 4 is 47.7 Å². The zero-order valence-electron chi connectivity index (χ0n) is 19.5. The number of rotatable bonds is 5. The molecule has 1 unspecified atom stereocenters. The lowest BCUT2D eigenvalue weighted by Crippen LogP contribution is -2.61. The molecule has 10 heteroatoms. The number of ether oxygens (including phenoxy) is 2. The van der Waals surface area contributed by atoms with E-state index in [9.17, 15) is 18.4 Å². The van der Waals surface area contributed by atoms with Gasteiger partial charge in [0.15, 0.2) is 11.6 Å². The fourth-order valence-electron chi connectivity index (χ4n) is 4.33. The summed E-state index contributed by atoms with van der Waals surface area (Å²) in [5.74, 6) is -1.16. The van der Waals surface area contributed by atoms with Gasteiger partial charge in [-0.3, -0.25) is 4.79 Å². The summed E-state index contributed by atoms with van der Waals surface area (Å²) in [4.78, 5) is 27.0. The lowest BCUT2D eigenvalue weighted by molar-refractivity contribution is -0.137. The van der Waals surface area contributed by atoms with E-state index in [0.717, 1.165) is 11.1 Å². The van der Waals surface area contributed by atoms with Crippen molar-refractivity contribution in [2.24, 2.45) is 0 Å². The Morgan fingerprint density at radius 3 is 2.37 bits per heavy atom. The summed E-state index contributed by atoms with van der Waals surface area (Å²) in [6, 6.07) is 7.65. The second kappa shape index (κ2) is 9.21. The molecule has 1 spiro atoms. The highest BCUT2D eigenvalue weighted by Crippen LogP contribution is 2.45. The molecule has 1 amide bonds. The number of likely N-dealkylation sites (tertiary alicyclic amines) is 1. The maximum Gasteiger partial charge on any atom is 0.410 e. The highest BCUT2D eigenvalue weighted by Gasteiger charge is 2.52. The van der Waals surface area contributed by atoms with E-state index >= 15 is 0 Å². The highest BCUT2D eigenvalue weighted by molar-refractivity contribution is 7.81. The van der Waals surface area contributed by atoms with Crippen LogP contribution in [-0.4, -0.2) is 42.1 Å². The number of ketones is 1. The Hall–Kier alpha value is -1.87. The molecule has 2 aliphatic rings. The molecule has 2 aromatic carbocycles. The van der Waals surface area contributed by atoms with Crippen LogP contribution >= 0.6 is 35.8 Å². The quantitative estimate of drug-likeness (QED) is 0.266. The predicted octanol–water partition coefficient (Wildman–Crippen LogP) is 6.48. The van der Waals surface area contributed by atoms with Crippen LogP contribution in [0.25, 0.3) is 0 Å². The topological polar surface area (TPSA) is 55.8 Å². The second-order valence-electron chi connectivity index (χ2n) is 10.0. The van der Waals surface area contributed by atoms with Crippen LogP contribution in [0.15, 0.2) is 30.3 Å². The fourth-order valence-corrected chi connectivity index (χ4v) is 5.09. The van der Waals surface area contributed by atoms with Gasteiger partial charge in [0, 0.05) is 12.0 Å². The maximum absolute atomic E-state index is 14.1. The molecule has 2 aliphatic heterocycles. The Labute approximate surface area is 218 Å². The van der Waals surface area contributed by atoms with Crippen molar-refractivity contribution in [3.8, 4) is 0 Å². The number of Topliss-reactive ketones (excluding diaryl/α,β-unsaturated/α-hetero) is 1. The SMILES string of the molecule is CC(C)(C)OC(=O)N1CC2(C1)OCc1cc(C(=O)CC(S)(CF)c3cc(Cl)c(F)c(Cl)c3)ccc12. The summed E-state index contributed by atoms with van der Waals surface area (Å²) >= 11 is 16.1. The normalized spacial score (nSPS) is 18.1. The Kier molecular flexibility index (Phi) is 6.90. The molecule has 0 N–H and O–H groups in total. The number of carbonyl (C=O) groups is 2. The minimum Gasteiger partial charge on any atom is -0.444 e.